The molecule has 0 aromatic heterocycles. The summed E-state index contributed by atoms with van der Waals surface area (Å²) in [4.78, 5) is 25.0. The van der Waals surface area contributed by atoms with Crippen LogP contribution in [0.1, 0.15) is 47.0 Å². The number of aliphatic carboxylic acids is 1. The SMILES string of the molecule is CCC1CCN(C(=O)CNC(C)(C)C)C(C(=O)O)C1. The third-order valence-corrected chi connectivity index (χ3v) is 3.66. The largest absolute Gasteiger partial charge is 0.480 e. The van der Waals surface area contributed by atoms with Crippen molar-refractivity contribution in [2.24, 2.45) is 5.92 Å². The predicted molar refractivity (Wildman–Crippen MR) is 73.9 cm³/mol. The minimum atomic E-state index is -0.887. The first-order valence-corrected chi connectivity index (χ1v) is 7.02. The lowest BCUT2D eigenvalue weighted by Crippen LogP contribution is -2.53. The van der Waals surface area contributed by atoms with Gasteiger partial charge in [0.05, 0.1) is 6.54 Å². The van der Waals surface area contributed by atoms with Crippen LogP contribution < -0.4 is 5.32 Å². The first-order valence-electron chi connectivity index (χ1n) is 7.02. The number of carbonyl (C=O) groups is 2. The van der Waals surface area contributed by atoms with E-state index < -0.39 is 12.0 Å². The van der Waals surface area contributed by atoms with Crippen LogP contribution in [0.25, 0.3) is 0 Å². The van der Waals surface area contributed by atoms with E-state index >= 15 is 0 Å². The van der Waals surface area contributed by atoms with Gasteiger partial charge in [-0.2, -0.15) is 0 Å². The van der Waals surface area contributed by atoms with E-state index in [4.69, 9.17) is 0 Å². The summed E-state index contributed by atoms with van der Waals surface area (Å²) in [5, 5.41) is 12.4. The smallest absolute Gasteiger partial charge is 0.326 e. The van der Waals surface area contributed by atoms with Crippen molar-refractivity contribution < 1.29 is 14.7 Å². The zero-order chi connectivity index (χ0) is 14.6. The topological polar surface area (TPSA) is 69.6 Å². The van der Waals surface area contributed by atoms with Gasteiger partial charge in [-0.1, -0.05) is 13.3 Å². The Morgan fingerprint density at radius 1 is 1.37 bits per heavy atom. The van der Waals surface area contributed by atoms with E-state index in [-0.39, 0.29) is 18.0 Å². The number of nitrogens with one attached hydrogen (secondary N) is 1. The lowest BCUT2D eigenvalue weighted by Gasteiger charge is -2.37. The molecule has 2 unspecified atom stereocenters. The average molecular weight is 270 g/mol. The van der Waals surface area contributed by atoms with E-state index in [0.29, 0.717) is 18.9 Å². The minimum absolute atomic E-state index is 0.114. The van der Waals surface area contributed by atoms with Crippen LogP contribution in [-0.4, -0.2) is 46.6 Å². The Morgan fingerprint density at radius 2 is 2.00 bits per heavy atom. The second kappa shape index (κ2) is 6.37. The summed E-state index contributed by atoms with van der Waals surface area (Å²) in [5.74, 6) is -0.583. The molecule has 0 aromatic carbocycles. The van der Waals surface area contributed by atoms with Gasteiger partial charge in [0.2, 0.25) is 5.91 Å². The minimum Gasteiger partial charge on any atom is -0.480 e. The standard InChI is InChI=1S/C14H26N2O3/c1-5-10-6-7-16(11(8-10)13(18)19)12(17)9-15-14(2,3)4/h10-11,15H,5-9H2,1-4H3,(H,18,19). The summed E-state index contributed by atoms with van der Waals surface area (Å²) in [6, 6.07) is -0.659. The Kier molecular flexibility index (Phi) is 5.35. The number of rotatable bonds is 4. The van der Waals surface area contributed by atoms with Crippen LogP contribution >= 0.6 is 0 Å². The Hall–Kier alpha value is -1.10. The molecule has 19 heavy (non-hydrogen) atoms. The summed E-state index contributed by atoms with van der Waals surface area (Å²) in [6.45, 7) is 8.78. The highest BCUT2D eigenvalue weighted by Crippen LogP contribution is 2.25. The van der Waals surface area contributed by atoms with E-state index in [2.05, 4.69) is 12.2 Å². The molecule has 0 bridgehead atoms. The van der Waals surface area contributed by atoms with E-state index in [9.17, 15) is 14.7 Å². The summed E-state index contributed by atoms with van der Waals surface area (Å²) in [5.41, 5.74) is -0.143. The van der Waals surface area contributed by atoms with E-state index in [1.54, 1.807) is 0 Å². The Labute approximate surface area is 115 Å². The maximum Gasteiger partial charge on any atom is 0.326 e. The highest BCUT2D eigenvalue weighted by molar-refractivity contribution is 5.85. The molecule has 1 aliphatic heterocycles. The molecule has 1 saturated heterocycles. The Morgan fingerprint density at radius 3 is 2.47 bits per heavy atom. The second-order valence-corrected chi connectivity index (χ2v) is 6.34. The van der Waals surface area contributed by atoms with Crippen LogP contribution in [0.5, 0.6) is 0 Å². The molecular formula is C14H26N2O3. The number of carboxylic acids is 1. The summed E-state index contributed by atoms with van der Waals surface area (Å²) < 4.78 is 0. The number of carbonyl (C=O) groups excluding carboxylic acids is 1. The molecule has 0 aliphatic carbocycles. The molecule has 5 heteroatoms. The number of piperidine rings is 1. The van der Waals surface area contributed by atoms with Gasteiger partial charge in [-0.25, -0.2) is 4.79 Å². The van der Waals surface area contributed by atoms with Gasteiger partial charge in [-0.05, 0) is 39.5 Å². The molecule has 0 aromatic rings. The van der Waals surface area contributed by atoms with Crippen molar-refractivity contribution in [1.29, 1.82) is 0 Å². The van der Waals surface area contributed by atoms with Crippen molar-refractivity contribution in [3.05, 3.63) is 0 Å². The maximum atomic E-state index is 12.2. The molecule has 0 radical (unpaired) electrons. The van der Waals surface area contributed by atoms with Gasteiger partial charge in [-0.3, -0.25) is 4.79 Å². The number of hydrogen-bond donors (Lipinski definition) is 2. The van der Waals surface area contributed by atoms with Gasteiger partial charge in [0, 0.05) is 12.1 Å². The first-order chi connectivity index (χ1) is 8.74. The number of nitrogens with zero attached hydrogens (tertiary/aromatic N) is 1. The predicted octanol–water partition coefficient (Wildman–Crippen LogP) is 1.48. The summed E-state index contributed by atoms with van der Waals surface area (Å²) in [6.07, 6.45) is 2.46. The van der Waals surface area contributed by atoms with Crippen molar-refractivity contribution >= 4 is 11.9 Å². The fourth-order valence-electron chi connectivity index (χ4n) is 2.38. The van der Waals surface area contributed by atoms with Crippen LogP contribution in [0.15, 0.2) is 0 Å². The molecule has 0 spiro atoms. The molecule has 1 fully saturated rings. The van der Waals surface area contributed by atoms with Crippen LogP contribution in [0.2, 0.25) is 0 Å². The second-order valence-electron chi connectivity index (χ2n) is 6.34. The Bertz CT molecular complexity index is 336. The molecule has 1 aliphatic rings. The summed E-state index contributed by atoms with van der Waals surface area (Å²) >= 11 is 0. The van der Waals surface area contributed by atoms with Crippen LogP contribution in [0.4, 0.5) is 0 Å². The number of hydrogen-bond acceptors (Lipinski definition) is 3. The Balaban J connectivity index is 2.64. The molecular weight excluding hydrogens is 244 g/mol. The monoisotopic (exact) mass is 270 g/mol. The molecule has 1 amide bonds. The van der Waals surface area contributed by atoms with Crippen molar-refractivity contribution in [2.75, 3.05) is 13.1 Å². The molecule has 110 valence electrons. The van der Waals surface area contributed by atoms with Gasteiger partial charge in [0.25, 0.3) is 0 Å². The van der Waals surface area contributed by atoms with Crippen LogP contribution in [0, 0.1) is 5.92 Å². The quantitative estimate of drug-likeness (QED) is 0.812. The molecule has 5 nitrogen and oxygen atoms in total. The first kappa shape index (κ1) is 16.0. The van der Waals surface area contributed by atoms with Gasteiger partial charge in [-0.15, -0.1) is 0 Å². The average Bonchev–Trinajstić information content (AvgIpc) is 2.34. The normalized spacial score (nSPS) is 24.3. The van der Waals surface area contributed by atoms with E-state index in [1.165, 1.54) is 4.90 Å². The molecule has 0 saturated carbocycles. The van der Waals surface area contributed by atoms with Gasteiger partial charge in [0.1, 0.15) is 6.04 Å². The highest BCUT2D eigenvalue weighted by Gasteiger charge is 2.35. The van der Waals surface area contributed by atoms with Crippen molar-refractivity contribution in [1.82, 2.24) is 10.2 Å². The van der Waals surface area contributed by atoms with E-state index in [1.807, 2.05) is 20.8 Å². The molecule has 1 heterocycles. The summed E-state index contributed by atoms with van der Waals surface area (Å²) in [7, 11) is 0. The fourth-order valence-corrected chi connectivity index (χ4v) is 2.38. The number of carboxylic acid groups (broad SMARTS) is 1. The lowest BCUT2D eigenvalue weighted by molar-refractivity contribution is -0.152. The van der Waals surface area contributed by atoms with Gasteiger partial charge < -0.3 is 15.3 Å². The molecule has 2 N–H and O–H groups in total. The zero-order valence-electron chi connectivity index (χ0n) is 12.4. The van der Waals surface area contributed by atoms with Crippen LogP contribution in [-0.2, 0) is 9.59 Å². The lowest BCUT2D eigenvalue weighted by atomic mass is 9.89. The maximum absolute atomic E-state index is 12.2. The number of likely N-dealkylation sites (tertiary alicyclic amines) is 1. The van der Waals surface area contributed by atoms with Crippen molar-refractivity contribution in [3.63, 3.8) is 0 Å². The van der Waals surface area contributed by atoms with Gasteiger partial charge >= 0.3 is 5.97 Å². The van der Waals surface area contributed by atoms with Crippen LogP contribution in [0.3, 0.4) is 0 Å². The zero-order valence-corrected chi connectivity index (χ0v) is 12.4. The third-order valence-electron chi connectivity index (χ3n) is 3.66. The molecule has 2 atom stereocenters. The molecule has 1 rings (SSSR count). The fraction of sp³-hybridized carbons (Fsp3) is 0.857. The third kappa shape index (κ3) is 4.82. The van der Waals surface area contributed by atoms with Crippen molar-refractivity contribution in [3.8, 4) is 0 Å². The highest BCUT2D eigenvalue weighted by atomic mass is 16.4. The number of amides is 1. The van der Waals surface area contributed by atoms with E-state index in [0.717, 1.165) is 12.8 Å². The van der Waals surface area contributed by atoms with Crippen molar-refractivity contribution in [2.45, 2.75) is 58.5 Å². The van der Waals surface area contributed by atoms with Gasteiger partial charge in [0.15, 0.2) is 0 Å².